The average Bonchev–Trinajstić information content (AvgIpc) is 3.04. The van der Waals surface area contributed by atoms with Crippen LogP contribution in [0.5, 0.6) is 0 Å². The van der Waals surface area contributed by atoms with Crippen molar-refractivity contribution in [2.75, 3.05) is 19.7 Å². The first kappa shape index (κ1) is 26.4. The normalized spacial score (nSPS) is 10.7. The summed E-state index contributed by atoms with van der Waals surface area (Å²) >= 11 is 0. The van der Waals surface area contributed by atoms with Crippen molar-refractivity contribution in [1.29, 1.82) is 0 Å². The fraction of sp³-hybridized carbons (Fsp3) is 0.600. The Morgan fingerprint density at radius 2 is 2.04 bits per heavy atom. The zero-order chi connectivity index (χ0) is 17.8. The van der Waals surface area contributed by atoms with Gasteiger partial charge in [-0.3, -0.25) is 14.4 Å². The Morgan fingerprint density at radius 1 is 1.31 bits per heavy atom. The van der Waals surface area contributed by atoms with Crippen LogP contribution >= 0.6 is 24.8 Å². The molecule has 2 amide bonds. The van der Waals surface area contributed by atoms with Crippen molar-refractivity contribution >= 4 is 42.6 Å². The number of aromatic amines is 1. The van der Waals surface area contributed by atoms with Crippen molar-refractivity contribution in [3.05, 3.63) is 18.2 Å². The number of hydrogen-bond donors (Lipinski definition) is 4. The molecule has 0 saturated heterocycles. The van der Waals surface area contributed by atoms with Gasteiger partial charge in [0, 0.05) is 37.7 Å². The summed E-state index contributed by atoms with van der Waals surface area (Å²) in [6.07, 6.45) is 4.57. The smallest absolute Gasteiger partial charge is 0.305 e. The standard InChI is InChI=1S/C15H25N5O4.2ClH/c1-2-3-14(22)24-7-6-18-15(23)12(20-13(21)4-5-16)8-11-9-17-10-19-11;;/h9-10,12H,2-8,16H2,1H3,(H,17,19)(H,18,23)(H,20,21);2*1H/t12-;;/m0../s1. The molecule has 0 fully saturated rings. The van der Waals surface area contributed by atoms with Crippen LogP contribution in [0.25, 0.3) is 0 Å². The molecule has 1 atom stereocenters. The monoisotopic (exact) mass is 411 g/mol. The molecule has 11 heteroatoms. The molecule has 0 aliphatic carbocycles. The van der Waals surface area contributed by atoms with Crippen molar-refractivity contribution in [3.63, 3.8) is 0 Å². The van der Waals surface area contributed by atoms with E-state index in [9.17, 15) is 14.4 Å². The third-order valence-corrected chi connectivity index (χ3v) is 3.12. The van der Waals surface area contributed by atoms with Gasteiger partial charge in [-0.15, -0.1) is 24.8 Å². The number of esters is 1. The predicted octanol–water partition coefficient (Wildman–Crippen LogP) is 0.0889. The van der Waals surface area contributed by atoms with Gasteiger partial charge in [0.05, 0.1) is 12.9 Å². The molecular formula is C15H27Cl2N5O4. The zero-order valence-corrected chi connectivity index (χ0v) is 16.3. The first-order valence-corrected chi connectivity index (χ1v) is 7.96. The maximum Gasteiger partial charge on any atom is 0.305 e. The number of carbonyl (C=O) groups is 3. The molecule has 0 aromatic carbocycles. The fourth-order valence-corrected chi connectivity index (χ4v) is 1.96. The Labute approximate surface area is 165 Å². The van der Waals surface area contributed by atoms with Gasteiger partial charge in [-0.2, -0.15) is 0 Å². The fourth-order valence-electron chi connectivity index (χ4n) is 1.96. The molecule has 9 nitrogen and oxygen atoms in total. The minimum atomic E-state index is -0.754. The average molecular weight is 412 g/mol. The number of rotatable bonds is 11. The predicted molar refractivity (Wildman–Crippen MR) is 101 cm³/mol. The van der Waals surface area contributed by atoms with Crippen LogP contribution in [0.4, 0.5) is 0 Å². The zero-order valence-electron chi connectivity index (χ0n) is 14.7. The third kappa shape index (κ3) is 10.9. The summed E-state index contributed by atoms with van der Waals surface area (Å²) in [7, 11) is 0. The van der Waals surface area contributed by atoms with Gasteiger partial charge in [0.25, 0.3) is 0 Å². The van der Waals surface area contributed by atoms with Gasteiger partial charge in [0.1, 0.15) is 12.6 Å². The second-order valence-corrected chi connectivity index (χ2v) is 5.20. The molecular weight excluding hydrogens is 385 g/mol. The Hall–Kier alpha value is -1.84. The highest BCUT2D eigenvalue weighted by Crippen LogP contribution is 2.00. The second kappa shape index (κ2) is 15.4. The number of carbonyl (C=O) groups excluding carboxylic acids is 3. The lowest BCUT2D eigenvalue weighted by atomic mass is 10.1. The second-order valence-electron chi connectivity index (χ2n) is 5.20. The lowest BCUT2D eigenvalue weighted by Gasteiger charge is -2.18. The molecule has 1 rings (SSSR count). The van der Waals surface area contributed by atoms with Gasteiger partial charge >= 0.3 is 5.97 Å². The van der Waals surface area contributed by atoms with E-state index < -0.39 is 6.04 Å². The molecule has 0 aliphatic heterocycles. The molecule has 0 spiro atoms. The van der Waals surface area contributed by atoms with Crippen LogP contribution in [0, 0.1) is 0 Å². The van der Waals surface area contributed by atoms with E-state index >= 15 is 0 Å². The highest BCUT2D eigenvalue weighted by Gasteiger charge is 2.21. The number of halogens is 2. The molecule has 0 unspecified atom stereocenters. The number of nitrogens with zero attached hydrogens (tertiary/aromatic N) is 1. The first-order chi connectivity index (χ1) is 11.6. The molecule has 26 heavy (non-hydrogen) atoms. The van der Waals surface area contributed by atoms with E-state index in [0.717, 1.165) is 5.69 Å². The van der Waals surface area contributed by atoms with Gasteiger partial charge in [-0.05, 0) is 6.42 Å². The van der Waals surface area contributed by atoms with Crippen LogP contribution in [-0.4, -0.2) is 53.5 Å². The van der Waals surface area contributed by atoms with E-state index in [2.05, 4.69) is 20.6 Å². The number of H-pyrrole nitrogens is 1. The lowest BCUT2D eigenvalue weighted by Crippen LogP contribution is -2.49. The van der Waals surface area contributed by atoms with Gasteiger partial charge in [-0.25, -0.2) is 4.98 Å². The summed E-state index contributed by atoms with van der Waals surface area (Å²) in [5.41, 5.74) is 6.06. The summed E-state index contributed by atoms with van der Waals surface area (Å²) in [6.45, 7) is 2.36. The van der Waals surface area contributed by atoms with Crippen molar-refractivity contribution in [2.24, 2.45) is 5.73 Å². The highest BCUT2D eigenvalue weighted by atomic mass is 35.5. The van der Waals surface area contributed by atoms with E-state index in [0.29, 0.717) is 12.8 Å². The van der Waals surface area contributed by atoms with Gasteiger partial charge in [-0.1, -0.05) is 6.92 Å². The summed E-state index contributed by atoms with van der Waals surface area (Å²) in [5.74, 6) is -0.954. The number of nitrogens with two attached hydrogens (primary N) is 1. The van der Waals surface area contributed by atoms with Gasteiger partial charge in [0.15, 0.2) is 0 Å². The van der Waals surface area contributed by atoms with E-state index in [1.807, 2.05) is 6.92 Å². The van der Waals surface area contributed by atoms with Crippen LogP contribution in [0.1, 0.15) is 31.9 Å². The minimum absolute atomic E-state index is 0. The van der Waals surface area contributed by atoms with E-state index in [1.165, 1.54) is 6.33 Å². The molecule has 1 heterocycles. The van der Waals surface area contributed by atoms with Crippen LogP contribution in [0.3, 0.4) is 0 Å². The third-order valence-electron chi connectivity index (χ3n) is 3.12. The van der Waals surface area contributed by atoms with Crippen LogP contribution in [0.15, 0.2) is 12.5 Å². The number of amides is 2. The summed E-state index contributed by atoms with van der Waals surface area (Å²) in [6, 6.07) is -0.754. The maximum absolute atomic E-state index is 12.2. The quantitative estimate of drug-likeness (QED) is 0.300. The molecule has 150 valence electrons. The van der Waals surface area contributed by atoms with Crippen molar-refractivity contribution in [3.8, 4) is 0 Å². The van der Waals surface area contributed by atoms with Crippen LogP contribution in [0.2, 0.25) is 0 Å². The van der Waals surface area contributed by atoms with E-state index in [-0.39, 0.29) is 75.1 Å². The molecule has 1 aromatic heterocycles. The summed E-state index contributed by atoms with van der Waals surface area (Å²) < 4.78 is 4.96. The van der Waals surface area contributed by atoms with E-state index in [4.69, 9.17) is 10.5 Å². The number of ether oxygens (including phenoxy) is 1. The highest BCUT2D eigenvalue weighted by molar-refractivity contribution is 5.87. The number of nitrogens with one attached hydrogen (secondary N) is 3. The molecule has 0 bridgehead atoms. The Bertz CT molecular complexity index is 528. The molecule has 0 aliphatic rings. The summed E-state index contributed by atoms with van der Waals surface area (Å²) in [4.78, 5) is 42.0. The topological polar surface area (TPSA) is 139 Å². The summed E-state index contributed by atoms with van der Waals surface area (Å²) in [5, 5.41) is 5.28. The minimum Gasteiger partial charge on any atom is -0.464 e. The van der Waals surface area contributed by atoms with Crippen molar-refractivity contribution in [2.45, 2.75) is 38.6 Å². The van der Waals surface area contributed by atoms with E-state index in [1.54, 1.807) is 6.20 Å². The SMILES string of the molecule is CCCC(=O)OCCNC(=O)[C@H](Cc1cnc[nH]1)NC(=O)CCN.Cl.Cl. The Kier molecular flexibility index (Phi) is 15.6. The molecule has 0 saturated carbocycles. The van der Waals surface area contributed by atoms with Crippen molar-refractivity contribution < 1.29 is 19.1 Å². The van der Waals surface area contributed by atoms with Crippen LogP contribution < -0.4 is 16.4 Å². The molecule has 5 N–H and O–H groups in total. The van der Waals surface area contributed by atoms with Crippen molar-refractivity contribution in [1.82, 2.24) is 20.6 Å². The largest absolute Gasteiger partial charge is 0.464 e. The lowest BCUT2D eigenvalue weighted by molar-refractivity contribution is -0.144. The Balaban J connectivity index is 0. The van der Waals surface area contributed by atoms with Crippen LogP contribution in [-0.2, 0) is 25.5 Å². The van der Waals surface area contributed by atoms with Gasteiger partial charge in [0.2, 0.25) is 11.8 Å². The first-order valence-electron chi connectivity index (χ1n) is 7.96. The number of aromatic nitrogens is 2. The molecule has 0 radical (unpaired) electrons. The molecule has 1 aromatic rings. The van der Waals surface area contributed by atoms with Gasteiger partial charge < -0.3 is 26.1 Å². The number of imidazole rings is 1. The Morgan fingerprint density at radius 3 is 2.62 bits per heavy atom. The number of hydrogen-bond acceptors (Lipinski definition) is 6. The maximum atomic E-state index is 12.2.